The molecule has 0 bridgehead atoms. The van der Waals surface area contributed by atoms with Crippen LogP contribution in [0, 0.1) is 0 Å². The Morgan fingerprint density at radius 2 is 0.967 bits per heavy atom. The summed E-state index contributed by atoms with van der Waals surface area (Å²) in [4.78, 5) is 16.4. The standard InChI is InChI=1S/3C8H6N2/c1-2-7-6-9-5-3-8(7)10-4-1;1-2-4-8-6-10-9-5-7(8)3-1;1-2-4-8-7(3-1)9-5-6-10-8/h3*1-6H. The van der Waals surface area contributed by atoms with Crippen molar-refractivity contribution in [3.05, 3.63) is 110 Å². The van der Waals surface area contributed by atoms with Crippen molar-refractivity contribution in [1.29, 1.82) is 0 Å². The van der Waals surface area contributed by atoms with Crippen molar-refractivity contribution >= 4 is 32.7 Å². The number of para-hydroxylation sites is 2. The molecule has 0 aliphatic rings. The smallest absolute Gasteiger partial charge is 0.0886 e. The molecular formula is C24H18N6. The number of hydrogen-bond donors (Lipinski definition) is 0. The van der Waals surface area contributed by atoms with Crippen LogP contribution < -0.4 is 0 Å². The summed E-state index contributed by atoms with van der Waals surface area (Å²) in [5, 5.41) is 10.9. The molecule has 6 aromatic rings. The molecular weight excluding hydrogens is 372 g/mol. The second kappa shape index (κ2) is 9.75. The van der Waals surface area contributed by atoms with Crippen LogP contribution in [0.2, 0.25) is 0 Å². The van der Waals surface area contributed by atoms with Crippen molar-refractivity contribution in [2.75, 3.05) is 0 Å². The molecule has 6 heteroatoms. The Kier molecular flexibility index (Phi) is 6.18. The summed E-state index contributed by atoms with van der Waals surface area (Å²) in [6, 6.07) is 21.6. The maximum Gasteiger partial charge on any atom is 0.0886 e. The Bertz CT molecular complexity index is 1000. The number of aromatic nitrogens is 6. The Morgan fingerprint density at radius 1 is 0.400 bits per heavy atom. The second-order valence-electron chi connectivity index (χ2n) is 6.23. The van der Waals surface area contributed by atoms with Crippen LogP contribution in [0.1, 0.15) is 0 Å². The fourth-order valence-corrected chi connectivity index (χ4v) is 2.76. The molecule has 30 heavy (non-hydrogen) atoms. The highest BCUT2D eigenvalue weighted by Crippen LogP contribution is 2.08. The average molecular weight is 390 g/mol. The molecule has 6 nitrogen and oxygen atoms in total. The van der Waals surface area contributed by atoms with Crippen LogP contribution in [-0.2, 0) is 0 Å². The van der Waals surface area contributed by atoms with E-state index >= 15 is 0 Å². The molecule has 6 rings (SSSR count). The summed E-state index contributed by atoms with van der Waals surface area (Å²) in [5.74, 6) is 0. The Morgan fingerprint density at radius 3 is 1.60 bits per heavy atom. The molecule has 0 unspecified atom stereocenters. The maximum atomic E-state index is 4.14. The molecule has 0 N–H and O–H groups in total. The summed E-state index contributed by atoms with van der Waals surface area (Å²) in [6.07, 6.45) is 12.2. The van der Waals surface area contributed by atoms with Crippen molar-refractivity contribution < 1.29 is 0 Å². The van der Waals surface area contributed by atoms with Gasteiger partial charge in [-0.2, -0.15) is 10.2 Å². The lowest BCUT2D eigenvalue weighted by Gasteiger charge is -1.90. The van der Waals surface area contributed by atoms with Crippen molar-refractivity contribution in [2.24, 2.45) is 0 Å². The van der Waals surface area contributed by atoms with Crippen LogP contribution in [0.5, 0.6) is 0 Å². The summed E-state index contributed by atoms with van der Waals surface area (Å²) < 4.78 is 0. The third kappa shape index (κ3) is 4.94. The first-order chi connectivity index (χ1) is 14.9. The van der Waals surface area contributed by atoms with Gasteiger partial charge in [0.25, 0.3) is 0 Å². The zero-order chi connectivity index (χ0) is 20.4. The lowest BCUT2D eigenvalue weighted by Crippen LogP contribution is -1.78. The van der Waals surface area contributed by atoms with Crippen LogP contribution in [0.15, 0.2) is 110 Å². The highest BCUT2D eigenvalue weighted by atomic mass is 15.1. The molecule has 2 aromatic carbocycles. The molecule has 0 atom stereocenters. The number of hydrogen-bond acceptors (Lipinski definition) is 6. The van der Waals surface area contributed by atoms with Gasteiger partial charge in [0.15, 0.2) is 0 Å². The average Bonchev–Trinajstić information content (AvgIpc) is 2.85. The third-order valence-electron chi connectivity index (χ3n) is 4.24. The van der Waals surface area contributed by atoms with E-state index in [1.807, 2.05) is 72.9 Å². The lowest BCUT2D eigenvalue weighted by molar-refractivity contribution is 1.05. The number of benzene rings is 2. The summed E-state index contributed by atoms with van der Waals surface area (Å²) in [6.45, 7) is 0. The molecule has 0 saturated heterocycles. The van der Waals surface area contributed by atoms with Crippen LogP contribution in [0.25, 0.3) is 32.7 Å². The van der Waals surface area contributed by atoms with E-state index in [0.29, 0.717) is 0 Å². The van der Waals surface area contributed by atoms with Gasteiger partial charge in [-0.1, -0.05) is 36.4 Å². The molecule has 4 heterocycles. The van der Waals surface area contributed by atoms with Crippen LogP contribution >= 0.6 is 0 Å². The van der Waals surface area contributed by atoms with E-state index in [1.54, 1.807) is 37.2 Å². The van der Waals surface area contributed by atoms with Gasteiger partial charge in [0.2, 0.25) is 0 Å². The summed E-state index contributed by atoms with van der Waals surface area (Å²) >= 11 is 0. The Hall–Kier alpha value is -4.32. The normalized spacial score (nSPS) is 10.0. The highest BCUT2D eigenvalue weighted by molar-refractivity contribution is 5.80. The predicted octanol–water partition coefficient (Wildman–Crippen LogP) is 4.89. The van der Waals surface area contributed by atoms with Gasteiger partial charge in [-0.05, 0) is 30.3 Å². The van der Waals surface area contributed by atoms with E-state index in [1.165, 1.54) is 0 Å². The molecule has 0 fully saturated rings. The predicted molar refractivity (Wildman–Crippen MR) is 119 cm³/mol. The SMILES string of the molecule is c1ccc2cnncc2c1.c1ccc2nccnc2c1.c1cnc2ccncc2c1. The molecule has 4 aromatic heterocycles. The van der Waals surface area contributed by atoms with Gasteiger partial charge in [-0.25, -0.2) is 0 Å². The Balaban J connectivity index is 0.000000109. The van der Waals surface area contributed by atoms with Gasteiger partial charge in [-0.15, -0.1) is 0 Å². The van der Waals surface area contributed by atoms with Gasteiger partial charge in [0.05, 0.1) is 28.9 Å². The molecule has 0 aliphatic heterocycles. The minimum absolute atomic E-state index is 0.949. The molecule has 0 amide bonds. The van der Waals surface area contributed by atoms with E-state index in [2.05, 4.69) is 30.1 Å². The fraction of sp³-hybridized carbons (Fsp3) is 0. The first-order valence-corrected chi connectivity index (χ1v) is 9.36. The lowest BCUT2D eigenvalue weighted by atomic mass is 10.2. The summed E-state index contributed by atoms with van der Waals surface area (Å²) in [7, 11) is 0. The maximum absolute atomic E-state index is 4.14. The topological polar surface area (TPSA) is 77.3 Å². The number of fused-ring (bicyclic) bond motifs is 3. The van der Waals surface area contributed by atoms with Crippen molar-refractivity contribution in [2.45, 2.75) is 0 Å². The van der Waals surface area contributed by atoms with E-state index < -0.39 is 0 Å². The molecule has 0 saturated carbocycles. The molecule has 144 valence electrons. The van der Waals surface area contributed by atoms with Crippen molar-refractivity contribution in [1.82, 2.24) is 30.1 Å². The van der Waals surface area contributed by atoms with E-state index in [4.69, 9.17) is 0 Å². The molecule has 0 aliphatic carbocycles. The highest BCUT2D eigenvalue weighted by Gasteiger charge is 1.89. The molecule has 0 spiro atoms. The zero-order valence-electron chi connectivity index (χ0n) is 16.1. The minimum Gasteiger partial charge on any atom is -0.264 e. The van der Waals surface area contributed by atoms with Gasteiger partial charge >= 0.3 is 0 Å². The van der Waals surface area contributed by atoms with Crippen LogP contribution in [0.3, 0.4) is 0 Å². The van der Waals surface area contributed by atoms with Crippen LogP contribution in [0.4, 0.5) is 0 Å². The number of rotatable bonds is 0. The minimum atomic E-state index is 0.949. The zero-order valence-corrected chi connectivity index (χ0v) is 16.1. The largest absolute Gasteiger partial charge is 0.264 e. The van der Waals surface area contributed by atoms with E-state index in [9.17, 15) is 0 Å². The second-order valence-corrected chi connectivity index (χ2v) is 6.23. The first-order valence-electron chi connectivity index (χ1n) is 9.36. The van der Waals surface area contributed by atoms with Crippen molar-refractivity contribution in [3.8, 4) is 0 Å². The van der Waals surface area contributed by atoms with Gasteiger partial charge in [0, 0.05) is 47.1 Å². The number of nitrogens with zero attached hydrogens (tertiary/aromatic N) is 6. The van der Waals surface area contributed by atoms with E-state index in [-0.39, 0.29) is 0 Å². The quantitative estimate of drug-likeness (QED) is 0.367. The molecule has 0 radical (unpaired) electrons. The fourth-order valence-electron chi connectivity index (χ4n) is 2.76. The van der Waals surface area contributed by atoms with Gasteiger partial charge in [-0.3, -0.25) is 19.9 Å². The Labute approximate surface area is 173 Å². The van der Waals surface area contributed by atoms with Gasteiger partial charge in [0.1, 0.15) is 0 Å². The van der Waals surface area contributed by atoms with E-state index in [0.717, 1.165) is 32.7 Å². The van der Waals surface area contributed by atoms with Crippen LogP contribution in [-0.4, -0.2) is 30.1 Å². The monoisotopic (exact) mass is 390 g/mol. The van der Waals surface area contributed by atoms with Gasteiger partial charge < -0.3 is 0 Å². The first kappa shape index (κ1) is 19.0. The summed E-state index contributed by atoms with van der Waals surface area (Å²) in [5.41, 5.74) is 2.90. The number of pyridine rings is 2. The third-order valence-corrected chi connectivity index (χ3v) is 4.24. The van der Waals surface area contributed by atoms with Crippen molar-refractivity contribution in [3.63, 3.8) is 0 Å².